The van der Waals surface area contributed by atoms with E-state index < -0.39 is 35.9 Å². The number of aromatic amines is 1. The van der Waals surface area contributed by atoms with Crippen molar-refractivity contribution in [2.45, 2.75) is 57.7 Å². The van der Waals surface area contributed by atoms with Gasteiger partial charge in [-0.05, 0) is 18.8 Å². The SMILES string of the molecule is CC[C@H](C)[C@H](NC(=O)[C@H](Cc1cnc[nH]1)NC(=O)[C@@H](N)CCCN=C(N)N)C(=O)O. The van der Waals surface area contributed by atoms with Gasteiger partial charge < -0.3 is 37.9 Å². The summed E-state index contributed by atoms with van der Waals surface area (Å²) in [4.78, 5) is 47.4. The fourth-order valence-electron chi connectivity index (χ4n) is 2.69. The summed E-state index contributed by atoms with van der Waals surface area (Å²) in [6.45, 7) is 3.89. The minimum Gasteiger partial charge on any atom is -0.480 e. The molecule has 0 unspecified atom stereocenters. The second kappa shape index (κ2) is 12.4. The Labute approximate surface area is 175 Å². The van der Waals surface area contributed by atoms with E-state index in [0.29, 0.717) is 31.5 Å². The molecule has 10 N–H and O–H groups in total. The van der Waals surface area contributed by atoms with Gasteiger partial charge in [0.05, 0.1) is 12.4 Å². The molecule has 1 aromatic heterocycles. The Hall–Kier alpha value is -3.15. The van der Waals surface area contributed by atoms with Crippen LogP contribution in [0.25, 0.3) is 0 Å². The molecule has 1 rings (SSSR count). The van der Waals surface area contributed by atoms with E-state index in [1.165, 1.54) is 12.5 Å². The Morgan fingerprint density at radius 1 is 1.27 bits per heavy atom. The van der Waals surface area contributed by atoms with Gasteiger partial charge in [0, 0.05) is 24.9 Å². The fourth-order valence-corrected chi connectivity index (χ4v) is 2.69. The lowest BCUT2D eigenvalue weighted by Gasteiger charge is -2.25. The fraction of sp³-hybridized carbons (Fsp3) is 0.611. The van der Waals surface area contributed by atoms with E-state index in [-0.39, 0.29) is 18.3 Å². The van der Waals surface area contributed by atoms with E-state index in [0.717, 1.165) is 0 Å². The topological polar surface area (TPSA) is 215 Å². The third kappa shape index (κ3) is 8.47. The lowest BCUT2D eigenvalue weighted by molar-refractivity contribution is -0.143. The van der Waals surface area contributed by atoms with Gasteiger partial charge in [-0.2, -0.15) is 0 Å². The summed E-state index contributed by atoms with van der Waals surface area (Å²) in [5, 5.41) is 14.5. The van der Waals surface area contributed by atoms with Crippen molar-refractivity contribution in [3.05, 3.63) is 18.2 Å². The molecule has 0 saturated carbocycles. The normalized spacial score (nSPS) is 14.8. The summed E-state index contributed by atoms with van der Waals surface area (Å²) >= 11 is 0. The Bertz CT molecular complexity index is 718. The number of carbonyl (C=O) groups is 3. The number of aliphatic imine (C=N–C) groups is 1. The molecule has 1 heterocycles. The van der Waals surface area contributed by atoms with E-state index in [2.05, 4.69) is 25.6 Å². The molecular weight excluding hydrogens is 392 g/mol. The van der Waals surface area contributed by atoms with Crippen LogP contribution in [-0.2, 0) is 20.8 Å². The largest absolute Gasteiger partial charge is 0.480 e. The van der Waals surface area contributed by atoms with Crippen molar-refractivity contribution in [3.8, 4) is 0 Å². The van der Waals surface area contributed by atoms with Gasteiger partial charge >= 0.3 is 5.97 Å². The second-order valence-electron chi connectivity index (χ2n) is 7.11. The number of nitrogens with two attached hydrogens (primary N) is 3. The zero-order valence-electron chi connectivity index (χ0n) is 17.3. The highest BCUT2D eigenvalue weighted by atomic mass is 16.4. The molecule has 4 atom stereocenters. The first-order chi connectivity index (χ1) is 14.1. The van der Waals surface area contributed by atoms with E-state index in [1.54, 1.807) is 6.92 Å². The van der Waals surface area contributed by atoms with Crippen LogP contribution in [0.1, 0.15) is 38.8 Å². The Morgan fingerprint density at radius 2 is 1.97 bits per heavy atom. The molecule has 0 fully saturated rings. The van der Waals surface area contributed by atoms with Crippen LogP contribution < -0.4 is 27.8 Å². The second-order valence-corrected chi connectivity index (χ2v) is 7.11. The number of carboxylic acids is 1. The number of aromatic nitrogens is 2. The van der Waals surface area contributed by atoms with Gasteiger partial charge in [0.1, 0.15) is 12.1 Å². The molecule has 12 heteroatoms. The van der Waals surface area contributed by atoms with Crippen molar-refractivity contribution >= 4 is 23.7 Å². The smallest absolute Gasteiger partial charge is 0.326 e. The molecule has 0 spiro atoms. The van der Waals surface area contributed by atoms with Gasteiger partial charge in [0.25, 0.3) is 0 Å². The molecule has 0 aliphatic heterocycles. The molecule has 0 aliphatic carbocycles. The average molecular weight is 425 g/mol. The van der Waals surface area contributed by atoms with E-state index in [1.807, 2.05) is 6.92 Å². The van der Waals surface area contributed by atoms with Crippen molar-refractivity contribution in [2.24, 2.45) is 28.1 Å². The summed E-state index contributed by atoms with van der Waals surface area (Å²) in [6, 6.07) is -2.97. The van der Waals surface area contributed by atoms with Gasteiger partial charge in [0.2, 0.25) is 11.8 Å². The third-order valence-electron chi connectivity index (χ3n) is 4.69. The molecule has 0 radical (unpaired) electrons. The van der Waals surface area contributed by atoms with Crippen LogP contribution in [0.4, 0.5) is 0 Å². The number of carboxylic acid groups (broad SMARTS) is 1. The minimum absolute atomic E-state index is 0.0430. The van der Waals surface area contributed by atoms with Crippen molar-refractivity contribution in [1.29, 1.82) is 0 Å². The highest BCUT2D eigenvalue weighted by Crippen LogP contribution is 2.09. The van der Waals surface area contributed by atoms with Crippen LogP contribution in [0.2, 0.25) is 0 Å². The molecule has 1 aromatic rings. The number of rotatable bonds is 13. The number of aliphatic carboxylic acids is 1. The highest BCUT2D eigenvalue weighted by Gasteiger charge is 2.30. The standard InChI is InChI=1S/C18H32N8O4/c1-3-10(2)14(17(29)30)26-16(28)13(7-11-8-22-9-24-11)25-15(27)12(19)5-4-6-23-18(20)21/h8-10,12-14H,3-7,19H2,1-2H3,(H,22,24)(H,25,27)(H,26,28)(H,29,30)(H4,20,21,23)/t10-,12-,13-,14-/m0/s1. The first-order valence-corrected chi connectivity index (χ1v) is 9.77. The molecule has 168 valence electrons. The maximum atomic E-state index is 12.8. The number of guanidine groups is 1. The summed E-state index contributed by atoms with van der Waals surface area (Å²) in [7, 11) is 0. The zero-order chi connectivity index (χ0) is 22.7. The summed E-state index contributed by atoms with van der Waals surface area (Å²) in [5.74, 6) is -2.61. The lowest BCUT2D eigenvalue weighted by atomic mass is 9.98. The molecular formula is C18H32N8O4. The number of hydrogen-bond acceptors (Lipinski definition) is 6. The predicted molar refractivity (Wildman–Crippen MR) is 111 cm³/mol. The number of amides is 2. The molecule has 2 amide bonds. The third-order valence-corrected chi connectivity index (χ3v) is 4.69. The maximum Gasteiger partial charge on any atom is 0.326 e. The number of hydrogen-bond donors (Lipinski definition) is 7. The molecule has 0 bridgehead atoms. The van der Waals surface area contributed by atoms with Gasteiger partial charge in [-0.25, -0.2) is 9.78 Å². The zero-order valence-corrected chi connectivity index (χ0v) is 17.3. The maximum absolute atomic E-state index is 12.8. The van der Waals surface area contributed by atoms with Crippen molar-refractivity contribution < 1.29 is 19.5 Å². The Balaban J connectivity index is 2.81. The van der Waals surface area contributed by atoms with E-state index in [4.69, 9.17) is 17.2 Å². The predicted octanol–water partition coefficient (Wildman–Crippen LogP) is -1.57. The first-order valence-electron chi connectivity index (χ1n) is 9.77. The number of imidazole rings is 1. The Morgan fingerprint density at radius 3 is 2.50 bits per heavy atom. The molecule has 30 heavy (non-hydrogen) atoms. The monoisotopic (exact) mass is 424 g/mol. The number of carbonyl (C=O) groups excluding carboxylic acids is 2. The minimum atomic E-state index is -1.14. The van der Waals surface area contributed by atoms with Crippen LogP contribution in [0.3, 0.4) is 0 Å². The molecule has 0 aromatic carbocycles. The number of nitrogens with zero attached hydrogens (tertiary/aromatic N) is 2. The van der Waals surface area contributed by atoms with Gasteiger partial charge in [-0.1, -0.05) is 20.3 Å². The van der Waals surface area contributed by atoms with Crippen LogP contribution in [0.15, 0.2) is 17.5 Å². The van der Waals surface area contributed by atoms with Gasteiger partial charge in [-0.15, -0.1) is 0 Å². The average Bonchev–Trinajstić information content (AvgIpc) is 3.20. The van der Waals surface area contributed by atoms with E-state index in [9.17, 15) is 19.5 Å². The van der Waals surface area contributed by atoms with Crippen molar-refractivity contribution in [3.63, 3.8) is 0 Å². The Kier molecular flexibility index (Phi) is 10.3. The lowest BCUT2D eigenvalue weighted by Crippen LogP contribution is -2.56. The van der Waals surface area contributed by atoms with Crippen LogP contribution in [0, 0.1) is 5.92 Å². The summed E-state index contributed by atoms with van der Waals surface area (Å²) in [5.41, 5.74) is 17.0. The van der Waals surface area contributed by atoms with Crippen LogP contribution in [0.5, 0.6) is 0 Å². The van der Waals surface area contributed by atoms with Gasteiger partial charge in [-0.3, -0.25) is 14.6 Å². The van der Waals surface area contributed by atoms with Crippen LogP contribution in [-0.4, -0.2) is 63.5 Å². The summed E-state index contributed by atoms with van der Waals surface area (Å²) in [6.07, 6.45) is 4.43. The van der Waals surface area contributed by atoms with Crippen molar-refractivity contribution in [1.82, 2.24) is 20.6 Å². The molecule has 12 nitrogen and oxygen atoms in total. The van der Waals surface area contributed by atoms with Gasteiger partial charge in [0.15, 0.2) is 5.96 Å². The van der Waals surface area contributed by atoms with E-state index >= 15 is 0 Å². The number of H-pyrrole nitrogens is 1. The summed E-state index contributed by atoms with van der Waals surface area (Å²) < 4.78 is 0. The first kappa shape index (κ1) is 24.9. The van der Waals surface area contributed by atoms with Crippen LogP contribution >= 0.6 is 0 Å². The van der Waals surface area contributed by atoms with Crippen molar-refractivity contribution in [2.75, 3.05) is 6.54 Å². The number of nitrogens with one attached hydrogen (secondary N) is 3. The molecule has 0 saturated heterocycles. The molecule has 0 aliphatic rings. The quantitative estimate of drug-likeness (QED) is 0.111. The highest BCUT2D eigenvalue weighted by molar-refractivity contribution is 5.92.